The van der Waals surface area contributed by atoms with Gasteiger partial charge >= 0.3 is 0 Å². The molecule has 9 rings (SSSR count). The molecule has 0 N–H and O–H groups in total. The summed E-state index contributed by atoms with van der Waals surface area (Å²) >= 11 is 0. The molecule has 0 nitrogen and oxygen atoms in total. The third-order valence-corrected chi connectivity index (χ3v) is 7.26. The summed E-state index contributed by atoms with van der Waals surface area (Å²) in [5, 5.41) is -5.09. The summed E-state index contributed by atoms with van der Waals surface area (Å²) in [6.07, 6.45) is 0. The number of rotatable bonds is 4. The van der Waals surface area contributed by atoms with E-state index in [1.165, 1.54) is 0 Å². The van der Waals surface area contributed by atoms with Crippen LogP contribution >= 0.6 is 0 Å². The molecular weight excluding hydrogens is 553 g/mol. The monoisotopic (exact) mass is 611 g/mol. The maximum Gasteiger partial charge on any atom is 0.0636 e. The van der Waals surface area contributed by atoms with E-state index in [9.17, 15) is 16.4 Å². The second-order valence-electron chi connectivity index (χ2n) is 9.83. The van der Waals surface area contributed by atoms with Crippen molar-refractivity contribution in [3.63, 3.8) is 0 Å². The van der Waals surface area contributed by atoms with Crippen LogP contribution in [-0.4, -0.2) is 0 Å². The van der Waals surface area contributed by atoms with E-state index in [0.717, 1.165) is 6.07 Å². The smallest absolute Gasteiger partial charge is 0.0622 e. The lowest BCUT2D eigenvalue weighted by atomic mass is 9.85. The maximum absolute atomic E-state index is 9.66. The second-order valence-corrected chi connectivity index (χ2v) is 9.83. The molecule has 0 saturated heterocycles. The van der Waals surface area contributed by atoms with Crippen LogP contribution in [0.25, 0.3) is 87.6 Å². The fourth-order valence-electron chi connectivity index (χ4n) is 5.26. The lowest BCUT2D eigenvalue weighted by Gasteiger charge is -2.18. The van der Waals surface area contributed by atoms with Crippen LogP contribution in [0.4, 0.5) is 0 Å². The van der Waals surface area contributed by atoms with E-state index in [4.69, 9.17) is 23.3 Å². The molecule has 0 aliphatic rings. The zero-order valence-corrected chi connectivity index (χ0v) is 23.1. The number of fused-ring (bicyclic) bond motifs is 4. The van der Waals surface area contributed by atoms with E-state index in [0.29, 0.717) is 0 Å². The zero-order chi connectivity index (χ0) is 55.7. The average molecular weight is 612 g/mol. The maximum atomic E-state index is 9.66. The van der Waals surface area contributed by atoms with Crippen molar-refractivity contribution in [2.45, 2.75) is 0 Å². The first kappa shape index (κ1) is 10.3. The van der Waals surface area contributed by atoms with Gasteiger partial charge in [0.05, 0.1) is 39.8 Å². The normalized spacial score (nSPS) is 20.3. The molecular formula is C46H30. The van der Waals surface area contributed by atoms with Crippen LogP contribution in [0.2, 0.25) is 0 Å². The second kappa shape index (κ2) is 10.9. The third kappa shape index (κ3) is 4.38. The topological polar surface area (TPSA) is 0 Å². The Morgan fingerprint density at radius 3 is 1.57 bits per heavy atom. The van der Waals surface area contributed by atoms with Gasteiger partial charge in [0.25, 0.3) is 0 Å². The first-order valence-electron chi connectivity index (χ1n) is 28.1. The Balaban J connectivity index is 1.50. The highest BCUT2D eigenvalue weighted by Gasteiger charge is 2.17. The Bertz CT molecular complexity index is 4150. The van der Waals surface area contributed by atoms with Gasteiger partial charge in [0.2, 0.25) is 0 Å². The first-order valence-corrected chi connectivity index (χ1v) is 13.6. The molecule has 0 amide bonds. The van der Waals surface area contributed by atoms with E-state index in [-0.39, 0.29) is 0 Å². The Hall–Kier alpha value is -5.98. The van der Waals surface area contributed by atoms with Gasteiger partial charge < -0.3 is 0 Å². The standard InChI is InChI=1S/C46H30/c1-2-11-31(12-3-1)35-25-26-37-30-38(28-27-36(37)29-35)46-43-18-8-6-16-41(43)45(42-17-7-9-19-44(42)46)34-23-21-33(22-24-34)40-20-10-14-32-13-4-5-15-39(32)40/h1-30H/i1D,2D,3D,4D,5D,6D,7D,8D,9D,10D,11D,12D,13D,14D,15D,16D,18D,19D,20D,21D,22D,23D,24D,25D,26D,27D,28D,29D,30D. The molecule has 0 aromatic heterocycles. The van der Waals surface area contributed by atoms with E-state index in [1.807, 2.05) is 0 Å². The fraction of sp³-hybridized carbons (Fsp3) is 0. The van der Waals surface area contributed by atoms with Crippen molar-refractivity contribution in [2.75, 3.05) is 0 Å². The number of benzene rings is 9. The molecule has 0 fully saturated rings. The van der Waals surface area contributed by atoms with Crippen LogP contribution < -0.4 is 0 Å². The number of hydrogen-bond acceptors (Lipinski definition) is 0. The first-order chi connectivity index (χ1) is 34.9. The molecule has 9 aromatic carbocycles. The van der Waals surface area contributed by atoms with E-state index >= 15 is 0 Å². The molecule has 9 aromatic rings. The highest BCUT2D eigenvalue weighted by molar-refractivity contribution is 6.21. The predicted molar refractivity (Wildman–Crippen MR) is 198 cm³/mol. The van der Waals surface area contributed by atoms with Crippen molar-refractivity contribution in [3.05, 3.63) is 181 Å². The summed E-state index contributed by atoms with van der Waals surface area (Å²) in [6.45, 7) is 0. The molecule has 0 unspecified atom stereocenters. The predicted octanol–water partition coefficient (Wildman–Crippen LogP) is 13.0. The molecule has 46 heavy (non-hydrogen) atoms. The lowest BCUT2D eigenvalue weighted by molar-refractivity contribution is 1.63. The minimum absolute atomic E-state index is 0.509. The van der Waals surface area contributed by atoms with Gasteiger partial charge in [-0.1, -0.05) is 169 Å². The minimum atomic E-state index is -1.04. The summed E-state index contributed by atoms with van der Waals surface area (Å²) in [7, 11) is 0. The van der Waals surface area contributed by atoms with Crippen LogP contribution in [0.3, 0.4) is 0 Å². The summed E-state index contributed by atoms with van der Waals surface area (Å²) in [5.74, 6) is 0. The Kier molecular flexibility index (Phi) is 2.43. The van der Waals surface area contributed by atoms with Crippen LogP contribution in [0.15, 0.2) is 181 Å². The molecule has 0 spiro atoms. The molecule has 0 heterocycles. The SMILES string of the molecule is [2H]c1cc2c(-c3c([2H])c([2H])c(-c4c([2H])c([2H])c([2H])c5c([2H])c([2H])c([2H])c([2H])c45)c([2H])c3[2H])c3c([2H])c([2H])c([2H])c([2H])c3c(-c3c([2H])c([2H])c4c([2H])c(-c5c([2H])c([2H])c([2H])c([2H])c5[2H])c([2H])c([2H])c4c3[2H])c2c([2H])c1[2H]. The third-order valence-electron chi connectivity index (χ3n) is 7.26. The molecule has 0 radical (unpaired) electrons. The molecule has 0 heteroatoms. The molecule has 0 aliphatic heterocycles. The van der Waals surface area contributed by atoms with Gasteiger partial charge in [-0.25, -0.2) is 0 Å². The van der Waals surface area contributed by atoms with Crippen molar-refractivity contribution in [1.82, 2.24) is 0 Å². The van der Waals surface area contributed by atoms with Gasteiger partial charge in [-0.2, -0.15) is 0 Å². The summed E-state index contributed by atoms with van der Waals surface area (Å²) in [5.41, 5.74) is -5.76. The van der Waals surface area contributed by atoms with Gasteiger partial charge in [0.1, 0.15) is 0 Å². The molecule has 0 saturated carbocycles. The van der Waals surface area contributed by atoms with Gasteiger partial charge in [-0.3, -0.25) is 0 Å². The van der Waals surface area contributed by atoms with Crippen molar-refractivity contribution < 1.29 is 39.8 Å². The summed E-state index contributed by atoms with van der Waals surface area (Å²) < 4.78 is 259. The Labute approximate surface area is 309 Å². The molecule has 0 bridgehead atoms. The van der Waals surface area contributed by atoms with Crippen molar-refractivity contribution >= 4 is 43.1 Å². The highest BCUT2D eigenvalue weighted by atomic mass is 14.2. The zero-order valence-electron chi connectivity index (χ0n) is 52.1. The van der Waals surface area contributed by atoms with E-state index < -0.39 is 263 Å². The van der Waals surface area contributed by atoms with E-state index in [1.54, 1.807) is 0 Å². The van der Waals surface area contributed by atoms with Crippen molar-refractivity contribution in [2.24, 2.45) is 0 Å². The average Bonchev–Trinajstić information content (AvgIpc) is 3.37. The lowest BCUT2D eigenvalue weighted by Crippen LogP contribution is -1.91. The highest BCUT2D eigenvalue weighted by Crippen LogP contribution is 2.44. The largest absolute Gasteiger partial charge is 0.0636 e. The van der Waals surface area contributed by atoms with Crippen LogP contribution in [0.5, 0.6) is 0 Å². The van der Waals surface area contributed by atoms with Crippen molar-refractivity contribution in [3.8, 4) is 44.5 Å². The fourth-order valence-corrected chi connectivity index (χ4v) is 5.26. The van der Waals surface area contributed by atoms with Crippen LogP contribution in [0.1, 0.15) is 39.8 Å². The quantitative estimate of drug-likeness (QED) is 0.174. The number of hydrogen-bond donors (Lipinski definition) is 0. The Morgan fingerprint density at radius 2 is 0.804 bits per heavy atom. The molecule has 0 atom stereocenters. The van der Waals surface area contributed by atoms with Crippen LogP contribution in [-0.2, 0) is 0 Å². The summed E-state index contributed by atoms with van der Waals surface area (Å²) in [4.78, 5) is 0. The van der Waals surface area contributed by atoms with Gasteiger partial charge in [0.15, 0.2) is 0 Å². The van der Waals surface area contributed by atoms with E-state index in [2.05, 4.69) is 0 Å². The van der Waals surface area contributed by atoms with Crippen molar-refractivity contribution in [1.29, 1.82) is 0 Å². The minimum Gasteiger partial charge on any atom is -0.0622 e. The Morgan fingerprint density at radius 1 is 0.283 bits per heavy atom. The van der Waals surface area contributed by atoms with Gasteiger partial charge in [-0.15, -0.1) is 0 Å². The molecule has 214 valence electrons. The van der Waals surface area contributed by atoms with Gasteiger partial charge in [-0.05, 0) is 99.7 Å². The van der Waals surface area contributed by atoms with Crippen LogP contribution in [0, 0.1) is 0 Å². The molecule has 0 aliphatic carbocycles. The van der Waals surface area contributed by atoms with Gasteiger partial charge in [0, 0.05) is 0 Å². The summed E-state index contributed by atoms with van der Waals surface area (Å²) in [6, 6.07) is -25.7.